The lowest BCUT2D eigenvalue weighted by atomic mass is 9.95. The molecule has 4 nitrogen and oxygen atoms in total. The number of pyridine rings is 1. The second kappa shape index (κ2) is 8.48. The Balaban J connectivity index is 1.33. The molecule has 0 spiro atoms. The van der Waals surface area contributed by atoms with Crippen LogP contribution in [0.1, 0.15) is 30.7 Å². The smallest absolute Gasteiger partial charge is 0.225 e. The van der Waals surface area contributed by atoms with Crippen LogP contribution in [-0.2, 0) is 4.79 Å². The Kier molecular flexibility index (Phi) is 6.00. The highest BCUT2D eigenvalue weighted by atomic mass is 35.5. The number of nitrogens with zero attached hydrogens (tertiary/aromatic N) is 3. The van der Waals surface area contributed by atoms with Crippen LogP contribution in [0.15, 0.2) is 36.5 Å². The number of anilines is 1. The molecule has 28 heavy (non-hydrogen) atoms. The van der Waals surface area contributed by atoms with Gasteiger partial charge in [-0.2, -0.15) is 0 Å². The first-order chi connectivity index (χ1) is 13.5. The van der Waals surface area contributed by atoms with Crippen LogP contribution >= 0.6 is 34.8 Å². The number of piperidine rings is 1. The van der Waals surface area contributed by atoms with E-state index < -0.39 is 0 Å². The lowest BCUT2D eigenvalue weighted by molar-refractivity contribution is -0.135. The van der Waals surface area contributed by atoms with Crippen molar-refractivity contribution in [2.75, 3.05) is 31.1 Å². The molecule has 0 bridgehead atoms. The first kappa shape index (κ1) is 19.8. The van der Waals surface area contributed by atoms with E-state index in [2.05, 4.69) is 9.88 Å². The van der Waals surface area contributed by atoms with Gasteiger partial charge in [-0.1, -0.05) is 40.9 Å². The predicted octanol–water partition coefficient (Wildman–Crippen LogP) is 5.27. The lowest BCUT2D eigenvalue weighted by Gasteiger charge is -2.34. The molecule has 2 aliphatic rings. The molecule has 1 atom stereocenters. The summed E-state index contributed by atoms with van der Waals surface area (Å²) in [7, 11) is 0. The van der Waals surface area contributed by atoms with Gasteiger partial charge in [0.25, 0.3) is 0 Å². The quantitative estimate of drug-likeness (QED) is 0.654. The van der Waals surface area contributed by atoms with Crippen molar-refractivity contribution in [3.05, 3.63) is 57.2 Å². The molecule has 2 saturated heterocycles. The summed E-state index contributed by atoms with van der Waals surface area (Å²) in [6, 6.07) is 9.58. The van der Waals surface area contributed by atoms with Crippen molar-refractivity contribution in [1.29, 1.82) is 0 Å². The predicted molar refractivity (Wildman–Crippen MR) is 115 cm³/mol. The van der Waals surface area contributed by atoms with Gasteiger partial charge in [-0.05, 0) is 49.1 Å². The summed E-state index contributed by atoms with van der Waals surface area (Å²) in [6.07, 6.45) is 4.35. The van der Waals surface area contributed by atoms with E-state index in [0.717, 1.165) is 56.8 Å². The van der Waals surface area contributed by atoms with Crippen molar-refractivity contribution < 1.29 is 4.79 Å². The number of benzene rings is 1. The number of likely N-dealkylation sites (tertiary alicyclic amines) is 1. The van der Waals surface area contributed by atoms with E-state index in [1.165, 1.54) is 0 Å². The van der Waals surface area contributed by atoms with Crippen molar-refractivity contribution in [2.24, 2.45) is 5.92 Å². The number of hydrogen-bond donors (Lipinski definition) is 0. The number of carbonyl (C=O) groups excluding carboxylic acids is 1. The van der Waals surface area contributed by atoms with E-state index in [0.29, 0.717) is 21.0 Å². The Bertz CT molecular complexity index is 850. The summed E-state index contributed by atoms with van der Waals surface area (Å²) >= 11 is 18.1. The Labute approximate surface area is 180 Å². The number of amides is 1. The molecule has 2 fully saturated rings. The number of aromatic nitrogens is 1. The highest BCUT2D eigenvalue weighted by Gasteiger charge is 2.33. The number of rotatable bonds is 3. The van der Waals surface area contributed by atoms with E-state index in [1.807, 2.05) is 35.2 Å². The second-order valence-corrected chi connectivity index (χ2v) is 8.79. The number of hydrogen-bond acceptors (Lipinski definition) is 3. The van der Waals surface area contributed by atoms with Crippen LogP contribution in [0.5, 0.6) is 0 Å². The van der Waals surface area contributed by atoms with Crippen molar-refractivity contribution in [1.82, 2.24) is 9.88 Å². The molecule has 1 amide bonds. The third-order valence-electron chi connectivity index (χ3n) is 5.79. The molecule has 148 valence electrons. The summed E-state index contributed by atoms with van der Waals surface area (Å²) in [5.41, 5.74) is 1.16. The second-order valence-electron chi connectivity index (χ2n) is 7.54. The van der Waals surface area contributed by atoms with E-state index in [9.17, 15) is 4.79 Å². The van der Waals surface area contributed by atoms with Gasteiger partial charge in [-0.3, -0.25) is 4.79 Å². The van der Waals surface area contributed by atoms with Crippen molar-refractivity contribution in [2.45, 2.75) is 25.2 Å². The van der Waals surface area contributed by atoms with Crippen LogP contribution in [0.2, 0.25) is 15.1 Å². The maximum absolute atomic E-state index is 13.0. The third kappa shape index (κ3) is 4.24. The number of halogens is 3. The minimum absolute atomic E-state index is 0.0936. The first-order valence-corrected chi connectivity index (χ1v) is 10.7. The monoisotopic (exact) mass is 437 g/mol. The zero-order valence-electron chi connectivity index (χ0n) is 15.5. The fraction of sp³-hybridized carbons (Fsp3) is 0.429. The van der Waals surface area contributed by atoms with Crippen molar-refractivity contribution in [3.8, 4) is 0 Å². The molecular formula is C21H22Cl3N3O. The van der Waals surface area contributed by atoms with E-state index in [-0.39, 0.29) is 11.8 Å². The normalized spacial score (nSPS) is 20.6. The highest BCUT2D eigenvalue weighted by molar-refractivity contribution is 6.42. The molecule has 7 heteroatoms. The van der Waals surface area contributed by atoms with Crippen LogP contribution in [0.3, 0.4) is 0 Å². The summed E-state index contributed by atoms with van der Waals surface area (Å²) < 4.78 is 0. The van der Waals surface area contributed by atoms with Gasteiger partial charge in [-0.15, -0.1) is 0 Å². The molecular weight excluding hydrogens is 417 g/mol. The molecule has 0 N–H and O–H groups in total. The van der Waals surface area contributed by atoms with Gasteiger partial charge in [-0.25, -0.2) is 4.98 Å². The van der Waals surface area contributed by atoms with E-state index in [4.69, 9.17) is 34.8 Å². The molecule has 2 aliphatic heterocycles. The van der Waals surface area contributed by atoms with Gasteiger partial charge < -0.3 is 9.80 Å². The highest BCUT2D eigenvalue weighted by Crippen LogP contribution is 2.33. The van der Waals surface area contributed by atoms with Gasteiger partial charge in [0.05, 0.1) is 15.1 Å². The molecule has 3 heterocycles. The van der Waals surface area contributed by atoms with Gasteiger partial charge in [0.1, 0.15) is 5.82 Å². The van der Waals surface area contributed by atoms with Crippen LogP contribution in [-0.4, -0.2) is 42.0 Å². The van der Waals surface area contributed by atoms with Gasteiger partial charge in [0.2, 0.25) is 5.91 Å². The van der Waals surface area contributed by atoms with Crippen LogP contribution in [0.25, 0.3) is 0 Å². The standard InChI is InChI=1S/C21H22Cl3N3O/c22-17-2-4-20(25-12-17)26-8-5-14(6-9-26)21(28)27-10-7-16(13-27)15-1-3-18(23)19(24)11-15/h1-4,11-12,14,16H,5-10,13H2/t16-/m0/s1. The van der Waals surface area contributed by atoms with Crippen molar-refractivity contribution in [3.63, 3.8) is 0 Å². The average Bonchev–Trinajstić information content (AvgIpc) is 3.20. The minimum Gasteiger partial charge on any atom is -0.357 e. The SMILES string of the molecule is O=C(C1CCN(c2ccc(Cl)cn2)CC1)N1CC[C@H](c2ccc(Cl)c(Cl)c2)C1. The Morgan fingerprint density at radius 3 is 2.43 bits per heavy atom. The van der Waals surface area contributed by atoms with Crippen LogP contribution in [0.4, 0.5) is 5.82 Å². The van der Waals surface area contributed by atoms with Gasteiger partial charge in [0.15, 0.2) is 0 Å². The fourth-order valence-electron chi connectivity index (χ4n) is 4.17. The summed E-state index contributed by atoms with van der Waals surface area (Å²) in [5, 5.41) is 1.78. The number of carbonyl (C=O) groups is 1. The first-order valence-electron chi connectivity index (χ1n) is 9.61. The largest absolute Gasteiger partial charge is 0.357 e. The zero-order valence-corrected chi connectivity index (χ0v) is 17.7. The summed E-state index contributed by atoms with van der Waals surface area (Å²) in [6.45, 7) is 3.25. The topological polar surface area (TPSA) is 36.4 Å². The van der Waals surface area contributed by atoms with Gasteiger partial charge in [0, 0.05) is 44.2 Å². The molecule has 4 rings (SSSR count). The molecule has 0 aliphatic carbocycles. The Morgan fingerprint density at radius 1 is 0.964 bits per heavy atom. The van der Waals surface area contributed by atoms with E-state index >= 15 is 0 Å². The fourth-order valence-corrected chi connectivity index (χ4v) is 4.59. The summed E-state index contributed by atoms with van der Waals surface area (Å²) in [5.74, 6) is 1.63. The third-order valence-corrected chi connectivity index (χ3v) is 6.76. The minimum atomic E-state index is 0.0936. The van der Waals surface area contributed by atoms with Crippen LogP contribution < -0.4 is 4.90 Å². The molecule has 0 unspecified atom stereocenters. The Hall–Kier alpha value is -1.49. The van der Waals surface area contributed by atoms with Crippen molar-refractivity contribution >= 4 is 46.5 Å². The maximum Gasteiger partial charge on any atom is 0.225 e. The molecule has 0 saturated carbocycles. The average molecular weight is 439 g/mol. The lowest BCUT2D eigenvalue weighted by Crippen LogP contribution is -2.42. The Morgan fingerprint density at radius 2 is 1.75 bits per heavy atom. The van der Waals surface area contributed by atoms with Gasteiger partial charge >= 0.3 is 0 Å². The zero-order chi connectivity index (χ0) is 19.7. The van der Waals surface area contributed by atoms with E-state index in [1.54, 1.807) is 6.20 Å². The van der Waals surface area contributed by atoms with Crippen LogP contribution in [0, 0.1) is 5.92 Å². The molecule has 2 aromatic rings. The molecule has 1 aromatic heterocycles. The summed E-state index contributed by atoms with van der Waals surface area (Å²) in [4.78, 5) is 21.6. The molecule has 1 aromatic carbocycles. The maximum atomic E-state index is 13.0. The molecule has 0 radical (unpaired) electrons.